The number of nitrogens with one attached hydrogen (secondary N) is 1. The Morgan fingerprint density at radius 3 is 2.47 bits per heavy atom. The fourth-order valence-electron chi connectivity index (χ4n) is 1.64. The lowest BCUT2D eigenvalue weighted by Crippen LogP contribution is -2.29. The van der Waals surface area contributed by atoms with E-state index in [0.29, 0.717) is 5.69 Å². The molecule has 5 nitrogen and oxygen atoms in total. The largest absolute Gasteiger partial charge is 0.496 e. The Balaban J connectivity index is 2.73. The molecular weight excluding hydrogens is 246 g/mol. The van der Waals surface area contributed by atoms with Gasteiger partial charge in [0, 0.05) is 12.1 Å². The highest BCUT2D eigenvalue weighted by molar-refractivity contribution is 5.94. The van der Waals surface area contributed by atoms with Crippen molar-refractivity contribution in [1.29, 1.82) is 0 Å². The topological polar surface area (TPSA) is 75.6 Å². The summed E-state index contributed by atoms with van der Waals surface area (Å²) in [5, 5.41) is 11.7. The van der Waals surface area contributed by atoms with Crippen LogP contribution in [0.25, 0.3) is 0 Å². The van der Waals surface area contributed by atoms with E-state index < -0.39 is 11.4 Å². The number of rotatable bonds is 5. The third kappa shape index (κ3) is 3.98. The maximum absolute atomic E-state index is 11.8. The number of amides is 1. The summed E-state index contributed by atoms with van der Waals surface area (Å²) in [5.74, 6) is -0.575. The Morgan fingerprint density at radius 2 is 2.00 bits per heavy atom. The minimum atomic E-state index is -1.08. The van der Waals surface area contributed by atoms with E-state index in [1.54, 1.807) is 25.3 Å². The van der Waals surface area contributed by atoms with E-state index in [-0.39, 0.29) is 12.3 Å². The molecule has 0 aliphatic heterocycles. The summed E-state index contributed by atoms with van der Waals surface area (Å²) in [7, 11) is 1.58. The monoisotopic (exact) mass is 265 g/mol. The highest BCUT2D eigenvalue weighted by atomic mass is 16.5. The Kier molecular flexibility index (Phi) is 4.53. The molecule has 1 amide bonds. The second-order valence-electron chi connectivity index (χ2n) is 5.10. The lowest BCUT2D eigenvalue weighted by molar-refractivity contribution is -0.148. The average molecular weight is 265 g/mol. The minimum absolute atomic E-state index is 0.0760. The summed E-state index contributed by atoms with van der Waals surface area (Å²) in [6.45, 7) is 4.91. The summed E-state index contributed by atoms with van der Waals surface area (Å²) in [4.78, 5) is 22.7. The molecule has 0 aliphatic rings. The fraction of sp³-hybridized carbons (Fsp3) is 0.429. The van der Waals surface area contributed by atoms with Crippen LogP contribution in [-0.2, 0) is 9.59 Å². The third-order valence-electron chi connectivity index (χ3n) is 2.86. The first-order chi connectivity index (χ1) is 8.76. The molecule has 104 valence electrons. The van der Waals surface area contributed by atoms with Crippen LogP contribution in [0.15, 0.2) is 18.2 Å². The van der Waals surface area contributed by atoms with Crippen molar-refractivity contribution in [2.45, 2.75) is 27.2 Å². The van der Waals surface area contributed by atoms with Crippen molar-refractivity contribution in [1.82, 2.24) is 0 Å². The number of carbonyl (C=O) groups is 2. The van der Waals surface area contributed by atoms with Gasteiger partial charge in [0.2, 0.25) is 5.91 Å². The molecule has 0 saturated heterocycles. The second kappa shape index (κ2) is 5.73. The molecule has 1 aromatic rings. The van der Waals surface area contributed by atoms with Crippen LogP contribution in [0, 0.1) is 12.3 Å². The van der Waals surface area contributed by atoms with E-state index >= 15 is 0 Å². The number of methoxy groups -OCH3 is 1. The molecule has 0 radical (unpaired) electrons. The van der Waals surface area contributed by atoms with Gasteiger partial charge < -0.3 is 15.2 Å². The van der Waals surface area contributed by atoms with E-state index in [2.05, 4.69) is 5.32 Å². The number of hydrogen-bond donors (Lipinski definition) is 2. The first kappa shape index (κ1) is 15.0. The summed E-state index contributed by atoms with van der Waals surface area (Å²) >= 11 is 0. The van der Waals surface area contributed by atoms with Crippen LogP contribution in [0.4, 0.5) is 5.69 Å². The standard InChI is InChI=1S/C14H19NO4/c1-9-7-10(5-6-11(9)19-4)15-12(16)8-14(2,3)13(17)18/h5-7H,8H2,1-4H3,(H,15,16)(H,17,18). The first-order valence-electron chi connectivity index (χ1n) is 5.94. The van der Waals surface area contributed by atoms with Gasteiger partial charge in [-0.3, -0.25) is 9.59 Å². The normalized spacial score (nSPS) is 10.9. The van der Waals surface area contributed by atoms with Crippen LogP contribution in [0.1, 0.15) is 25.8 Å². The van der Waals surface area contributed by atoms with Gasteiger partial charge in [-0.05, 0) is 44.5 Å². The van der Waals surface area contributed by atoms with Crippen LogP contribution < -0.4 is 10.1 Å². The highest BCUT2D eigenvalue weighted by Gasteiger charge is 2.30. The van der Waals surface area contributed by atoms with Gasteiger partial charge in [0.25, 0.3) is 0 Å². The predicted molar refractivity (Wildman–Crippen MR) is 72.4 cm³/mol. The molecule has 0 aliphatic carbocycles. The van der Waals surface area contributed by atoms with E-state index in [4.69, 9.17) is 9.84 Å². The van der Waals surface area contributed by atoms with Crippen LogP contribution >= 0.6 is 0 Å². The maximum Gasteiger partial charge on any atom is 0.309 e. The number of benzene rings is 1. The van der Waals surface area contributed by atoms with Crippen molar-refractivity contribution >= 4 is 17.6 Å². The lowest BCUT2D eigenvalue weighted by Gasteiger charge is -2.18. The Hall–Kier alpha value is -2.04. The number of carboxylic acid groups (broad SMARTS) is 1. The predicted octanol–water partition coefficient (Wildman–Crippen LogP) is 2.44. The quantitative estimate of drug-likeness (QED) is 0.857. The smallest absolute Gasteiger partial charge is 0.309 e. The summed E-state index contributed by atoms with van der Waals surface area (Å²) in [6, 6.07) is 5.26. The molecule has 0 aromatic heterocycles. The van der Waals surface area contributed by atoms with Gasteiger partial charge in [-0.25, -0.2) is 0 Å². The number of anilines is 1. The number of hydrogen-bond acceptors (Lipinski definition) is 3. The van der Waals surface area contributed by atoms with Crippen molar-refractivity contribution in [2.24, 2.45) is 5.41 Å². The molecule has 1 aromatic carbocycles. The van der Waals surface area contributed by atoms with Crippen LogP contribution in [0.5, 0.6) is 5.75 Å². The molecule has 0 saturated carbocycles. The molecule has 0 fully saturated rings. The Morgan fingerprint density at radius 1 is 1.37 bits per heavy atom. The maximum atomic E-state index is 11.8. The van der Waals surface area contributed by atoms with Crippen molar-refractivity contribution < 1.29 is 19.4 Å². The van der Waals surface area contributed by atoms with Crippen molar-refractivity contribution in [3.8, 4) is 5.75 Å². The second-order valence-corrected chi connectivity index (χ2v) is 5.10. The van der Waals surface area contributed by atoms with Gasteiger partial charge >= 0.3 is 5.97 Å². The summed E-state index contributed by atoms with van der Waals surface area (Å²) < 4.78 is 5.13. The van der Waals surface area contributed by atoms with E-state index in [1.807, 2.05) is 6.92 Å². The minimum Gasteiger partial charge on any atom is -0.496 e. The SMILES string of the molecule is COc1ccc(NC(=O)CC(C)(C)C(=O)O)cc1C. The molecule has 0 spiro atoms. The van der Waals surface area contributed by atoms with Crippen LogP contribution in [-0.4, -0.2) is 24.1 Å². The summed E-state index contributed by atoms with van der Waals surface area (Å²) in [5.41, 5.74) is 0.452. The van der Waals surface area contributed by atoms with Gasteiger partial charge in [0.15, 0.2) is 0 Å². The van der Waals surface area contributed by atoms with Gasteiger partial charge in [-0.2, -0.15) is 0 Å². The Bertz CT molecular complexity index is 494. The van der Waals surface area contributed by atoms with E-state index in [9.17, 15) is 9.59 Å². The lowest BCUT2D eigenvalue weighted by atomic mass is 9.89. The number of ether oxygens (including phenoxy) is 1. The Labute approximate surface area is 112 Å². The zero-order valence-corrected chi connectivity index (χ0v) is 11.6. The number of aryl methyl sites for hydroxylation is 1. The molecule has 0 atom stereocenters. The number of carbonyl (C=O) groups excluding carboxylic acids is 1. The molecule has 0 unspecified atom stereocenters. The van der Waals surface area contributed by atoms with Gasteiger partial charge in [0.1, 0.15) is 5.75 Å². The molecule has 5 heteroatoms. The zero-order valence-electron chi connectivity index (χ0n) is 11.6. The van der Waals surface area contributed by atoms with Crippen LogP contribution in [0.3, 0.4) is 0 Å². The van der Waals surface area contributed by atoms with Crippen molar-refractivity contribution in [2.75, 3.05) is 12.4 Å². The molecule has 2 N–H and O–H groups in total. The summed E-state index contributed by atoms with van der Waals surface area (Å²) in [6.07, 6.45) is -0.0760. The number of aliphatic carboxylic acids is 1. The van der Waals surface area contributed by atoms with Crippen molar-refractivity contribution in [3.63, 3.8) is 0 Å². The van der Waals surface area contributed by atoms with Crippen LogP contribution in [0.2, 0.25) is 0 Å². The van der Waals surface area contributed by atoms with Gasteiger partial charge in [-0.15, -0.1) is 0 Å². The zero-order chi connectivity index (χ0) is 14.6. The van der Waals surface area contributed by atoms with E-state index in [1.165, 1.54) is 13.8 Å². The first-order valence-corrected chi connectivity index (χ1v) is 5.94. The average Bonchev–Trinajstić information content (AvgIpc) is 2.28. The molecule has 0 heterocycles. The van der Waals surface area contributed by atoms with E-state index in [0.717, 1.165) is 11.3 Å². The molecule has 0 bridgehead atoms. The van der Waals surface area contributed by atoms with Gasteiger partial charge in [0.05, 0.1) is 12.5 Å². The van der Waals surface area contributed by atoms with Crippen molar-refractivity contribution in [3.05, 3.63) is 23.8 Å². The highest BCUT2D eigenvalue weighted by Crippen LogP contribution is 2.24. The fourth-order valence-corrected chi connectivity index (χ4v) is 1.64. The number of carboxylic acids is 1. The molecule has 1 rings (SSSR count). The van der Waals surface area contributed by atoms with Gasteiger partial charge in [-0.1, -0.05) is 0 Å². The molecule has 19 heavy (non-hydrogen) atoms. The third-order valence-corrected chi connectivity index (χ3v) is 2.86. The molecular formula is C14H19NO4.